The highest BCUT2D eigenvalue weighted by atomic mass is 16.7. The zero-order valence-corrected chi connectivity index (χ0v) is 8.04. The molecule has 2 fully saturated rings. The first-order chi connectivity index (χ1) is 6.45. The Morgan fingerprint density at radius 2 is 1.62 bits per heavy atom. The van der Waals surface area contributed by atoms with Crippen molar-refractivity contribution in [3.8, 4) is 0 Å². The zero-order chi connectivity index (χ0) is 8.93. The van der Waals surface area contributed by atoms with Gasteiger partial charge in [0.1, 0.15) is 0 Å². The molecule has 0 spiro atoms. The Labute approximate surface area is 79.9 Å². The molecule has 0 unspecified atom stereocenters. The van der Waals surface area contributed by atoms with Crippen molar-refractivity contribution >= 4 is 7.32 Å². The third kappa shape index (κ3) is 2.97. The molecule has 0 aromatic carbocycles. The highest BCUT2D eigenvalue weighted by Crippen LogP contribution is 2.21. The Bertz CT molecular complexity index is 126. The number of rotatable bonds is 2. The second-order valence-corrected chi connectivity index (χ2v) is 3.78. The average molecular weight is 184 g/mol. The quantitative estimate of drug-likeness (QED) is 0.612. The van der Waals surface area contributed by atoms with Crippen molar-refractivity contribution in [1.82, 2.24) is 0 Å². The van der Waals surface area contributed by atoms with Crippen LogP contribution in [-0.2, 0) is 14.0 Å². The first-order valence-corrected chi connectivity index (χ1v) is 5.34. The third-order valence-electron chi connectivity index (χ3n) is 2.65. The van der Waals surface area contributed by atoms with Gasteiger partial charge in [-0.05, 0) is 19.3 Å². The van der Waals surface area contributed by atoms with Crippen LogP contribution in [0.3, 0.4) is 0 Å². The monoisotopic (exact) mass is 184 g/mol. The molecule has 1 saturated carbocycles. The Balaban J connectivity index is 1.69. The molecule has 3 nitrogen and oxygen atoms in total. The van der Waals surface area contributed by atoms with Crippen molar-refractivity contribution < 1.29 is 14.0 Å². The van der Waals surface area contributed by atoms with E-state index in [1.807, 2.05) is 0 Å². The van der Waals surface area contributed by atoms with Crippen LogP contribution in [0.2, 0.25) is 0 Å². The van der Waals surface area contributed by atoms with Crippen LogP contribution >= 0.6 is 0 Å². The van der Waals surface area contributed by atoms with Gasteiger partial charge in [-0.3, -0.25) is 0 Å². The molecule has 0 amide bonds. The van der Waals surface area contributed by atoms with E-state index >= 15 is 0 Å². The summed E-state index contributed by atoms with van der Waals surface area (Å²) in [5.41, 5.74) is 0. The highest BCUT2D eigenvalue weighted by Gasteiger charge is 2.28. The lowest BCUT2D eigenvalue weighted by molar-refractivity contribution is 0.0155. The fourth-order valence-corrected chi connectivity index (χ4v) is 1.90. The molecular weight excluding hydrogens is 167 g/mol. The molecule has 4 heteroatoms. The van der Waals surface area contributed by atoms with Crippen LogP contribution in [-0.4, -0.2) is 26.6 Å². The fourth-order valence-electron chi connectivity index (χ4n) is 1.90. The van der Waals surface area contributed by atoms with Gasteiger partial charge in [0.15, 0.2) is 0 Å². The summed E-state index contributed by atoms with van der Waals surface area (Å²) in [6, 6.07) is 0. The molecule has 1 aliphatic carbocycles. The van der Waals surface area contributed by atoms with E-state index in [0.717, 1.165) is 19.6 Å². The van der Waals surface area contributed by atoms with Gasteiger partial charge in [0.25, 0.3) is 0 Å². The normalized spacial score (nSPS) is 26.3. The average Bonchev–Trinajstić information content (AvgIpc) is 2.21. The van der Waals surface area contributed by atoms with Crippen LogP contribution < -0.4 is 0 Å². The summed E-state index contributed by atoms with van der Waals surface area (Å²) in [7, 11) is -0.378. The lowest BCUT2D eigenvalue weighted by atomic mass is 9.96. The molecule has 2 rings (SSSR count). The molecule has 0 radical (unpaired) electrons. The van der Waals surface area contributed by atoms with E-state index in [-0.39, 0.29) is 7.32 Å². The molecule has 13 heavy (non-hydrogen) atoms. The Kier molecular flexibility index (Phi) is 3.64. The van der Waals surface area contributed by atoms with E-state index in [4.69, 9.17) is 14.0 Å². The molecule has 0 aromatic rings. The number of hydrogen-bond donors (Lipinski definition) is 0. The minimum Gasteiger partial charge on any atom is -0.386 e. The molecular formula is C9H17BO3. The minimum atomic E-state index is -0.378. The molecule has 0 bridgehead atoms. The molecule has 74 valence electrons. The van der Waals surface area contributed by atoms with Gasteiger partial charge >= 0.3 is 7.32 Å². The predicted octanol–water partition coefficient (Wildman–Crippen LogP) is 1.76. The van der Waals surface area contributed by atoms with Crippen molar-refractivity contribution in [2.45, 2.75) is 44.6 Å². The Morgan fingerprint density at radius 3 is 2.31 bits per heavy atom. The summed E-state index contributed by atoms with van der Waals surface area (Å²) in [6.45, 7) is 1.55. The summed E-state index contributed by atoms with van der Waals surface area (Å²) in [5.74, 6) is 0. The third-order valence-corrected chi connectivity index (χ3v) is 2.65. The highest BCUT2D eigenvalue weighted by molar-refractivity contribution is 6.36. The standard InChI is InChI=1S/C9H17BO3/c1-2-5-9(6-3-1)13-10-11-7-4-8-12-10/h9H,1-8H2. The summed E-state index contributed by atoms with van der Waals surface area (Å²) in [6.07, 6.45) is 7.63. The maximum absolute atomic E-state index is 5.69. The van der Waals surface area contributed by atoms with Gasteiger partial charge in [-0.25, -0.2) is 0 Å². The van der Waals surface area contributed by atoms with Crippen molar-refractivity contribution in [2.24, 2.45) is 0 Å². The summed E-state index contributed by atoms with van der Waals surface area (Å²) in [5, 5.41) is 0. The van der Waals surface area contributed by atoms with Gasteiger partial charge < -0.3 is 14.0 Å². The lowest BCUT2D eigenvalue weighted by Gasteiger charge is -2.26. The molecule has 1 aliphatic heterocycles. The van der Waals surface area contributed by atoms with E-state index in [9.17, 15) is 0 Å². The molecule has 1 heterocycles. The van der Waals surface area contributed by atoms with Crippen molar-refractivity contribution in [1.29, 1.82) is 0 Å². The van der Waals surface area contributed by atoms with Crippen LogP contribution in [0.1, 0.15) is 38.5 Å². The van der Waals surface area contributed by atoms with Crippen LogP contribution in [0.15, 0.2) is 0 Å². The fraction of sp³-hybridized carbons (Fsp3) is 1.00. The first kappa shape index (κ1) is 9.50. The molecule has 0 N–H and O–H groups in total. The maximum Gasteiger partial charge on any atom is 0.639 e. The molecule has 2 aliphatic rings. The second kappa shape index (κ2) is 4.98. The van der Waals surface area contributed by atoms with Gasteiger partial charge in [0.2, 0.25) is 0 Å². The molecule has 1 saturated heterocycles. The first-order valence-electron chi connectivity index (χ1n) is 5.34. The van der Waals surface area contributed by atoms with Crippen LogP contribution in [0.5, 0.6) is 0 Å². The van der Waals surface area contributed by atoms with E-state index < -0.39 is 0 Å². The molecule has 0 aromatic heterocycles. The summed E-state index contributed by atoms with van der Waals surface area (Å²) >= 11 is 0. The van der Waals surface area contributed by atoms with E-state index in [1.54, 1.807) is 0 Å². The van der Waals surface area contributed by atoms with E-state index in [2.05, 4.69) is 0 Å². The van der Waals surface area contributed by atoms with Crippen molar-refractivity contribution in [2.75, 3.05) is 13.2 Å². The molecule has 0 atom stereocenters. The topological polar surface area (TPSA) is 27.7 Å². The minimum absolute atomic E-state index is 0.372. The van der Waals surface area contributed by atoms with Gasteiger partial charge in [0, 0.05) is 19.3 Å². The van der Waals surface area contributed by atoms with Crippen LogP contribution in [0.25, 0.3) is 0 Å². The zero-order valence-electron chi connectivity index (χ0n) is 8.04. The largest absolute Gasteiger partial charge is 0.639 e. The smallest absolute Gasteiger partial charge is 0.386 e. The van der Waals surface area contributed by atoms with Crippen molar-refractivity contribution in [3.05, 3.63) is 0 Å². The van der Waals surface area contributed by atoms with E-state index in [0.29, 0.717) is 6.10 Å². The maximum atomic E-state index is 5.69. The van der Waals surface area contributed by atoms with Gasteiger partial charge in [-0.1, -0.05) is 19.3 Å². The number of hydrogen-bond acceptors (Lipinski definition) is 3. The van der Waals surface area contributed by atoms with Gasteiger partial charge in [0.05, 0.1) is 0 Å². The lowest BCUT2D eigenvalue weighted by Crippen LogP contribution is -2.37. The van der Waals surface area contributed by atoms with Crippen LogP contribution in [0, 0.1) is 0 Å². The summed E-state index contributed by atoms with van der Waals surface area (Å²) in [4.78, 5) is 0. The van der Waals surface area contributed by atoms with Gasteiger partial charge in [-0.2, -0.15) is 0 Å². The van der Waals surface area contributed by atoms with Gasteiger partial charge in [-0.15, -0.1) is 0 Å². The predicted molar refractivity (Wildman–Crippen MR) is 50.2 cm³/mol. The SMILES string of the molecule is C1CCC(OB2OCCCO2)CC1. The summed E-state index contributed by atoms with van der Waals surface area (Å²) < 4.78 is 16.4. The Hall–Kier alpha value is -0.0551. The van der Waals surface area contributed by atoms with Crippen LogP contribution in [0.4, 0.5) is 0 Å². The second-order valence-electron chi connectivity index (χ2n) is 3.78. The Morgan fingerprint density at radius 1 is 0.923 bits per heavy atom. The van der Waals surface area contributed by atoms with E-state index in [1.165, 1.54) is 32.1 Å². The van der Waals surface area contributed by atoms with Crippen molar-refractivity contribution in [3.63, 3.8) is 0 Å².